The van der Waals surface area contributed by atoms with E-state index in [1.807, 2.05) is 66.7 Å². The molecule has 0 aromatic heterocycles. The van der Waals surface area contributed by atoms with Gasteiger partial charge in [-0.25, -0.2) is 0 Å². The van der Waals surface area contributed by atoms with E-state index >= 15 is 0 Å². The number of nitrogens with one attached hydrogen (secondary N) is 3. The molecule has 3 amide bonds. The van der Waals surface area contributed by atoms with Gasteiger partial charge < -0.3 is 16.0 Å². The predicted octanol–water partition coefficient (Wildman–Crippen LogP) is 9.64. The number of anilines is 2. The molecule has 46 heavy (non-hydrogen) atoms. The van der Waals surface area contributed by atoms with Crippen LogP contribution >= 0.6 is 50.9 Å². The van der Waals surface area contributed by atoms with Crippen LogP contribution in [0.15, 0.2) is 142 Å². The van der Waals surface area contributed by atoms with Crippen LogP contribution < -0.4 is 16.0 Å². The molecule has 5 rings (SSSR count). The van der Waals surface area contributed by atoms with Gasteiger partial charge in [0.2, 0.25) is 5.91 Å². The van der Waals surface area contributed by atoms with Crippen LogP contribution in [-0.2, 0) is 9.59 Å². The zero-order valence-electron chi connectivity index (χ0n) is 24.0. The minimum atomic E-state index is -0.653. The Morgan fingerprint density at radius 1 is 0.739 bits per heavy atom. The Bertz CT molecular complexity index is 1910. The first-order valence-electron chi connectivity index (χ1n) is 14.0. The van der Waals surface area contributed by atoms with Gasteiger partial charge in [0.05, 0.1) is 10.7 Å². The second kappa shape index (κ2) is 15.8. The Morgan fingerprint density at radius 3 is 2.20 bits per heavy atom. The van der Waals surface area contributed by atoms with Crippen molar-refractivity contribution in [2.75, 3.05) is 10.6 Å². The van der Waals surface area contributed by atoms with Crippen molar-refractivity contribution < 1.29 is 14.4 Å². The van der Waals surface area contributed by atoms with Gasteiger partial charge >= 0.3 is 0 Å². The number of hydrogen-bond acceptors (Lipinski definition) is 4. The molecular formula is C36H26BrCl2N3O3S. The lowest BCUT2D eigenvalue weighted by atomic mass is 10.1. The summed E-state index contributed by atoms with van der Waals surface area (Å²) in [6.07, 6.45) is 1.61. The summed E-state index contributed by atoms with van der Waals surface area (Å²) < 4.78 is 0.828. The molecule has 0 spiro atoms. The van der Waals surface area contributed by atoms with E-state index in [0.717, 1.165) is 14.9 Å². The van der Waals surface area contributed by atoms with Crippen LogP contribution in [0.1, 0.15) is 26.7 Å². The van der Waals surface area contributed by atoms with E-state index in [1.165, 1.54) is 11.8 Å². The molecule has 0 fully saturated rings. The molecule has 0 saturated carbocycles. The van der Waals surface area contributed by atoms with E-state index < -0.39 is 17.1 Å². The van der Waals surface area contributed by atoms with Crippen molar-refractivity contribution in [3.05, 3.63) is 164 Å². The van der Waals surface area contributed by atoms with Crippen LogP contribution in [0.2, 0.25) is 10.0 Å². The molecule has 0 aliphatic carbocycles. The summed E-state index contributed by atoms with van der Waals surface area (Å²) in [5, 5.41) is 8.69. The summed E-state index contributed by atoms with van der Waals surface area (Å²) in [7, 11) is 0. The van der Waals surface area contributed by atoms with Crippen molar-refractivity contribution in [3.8, 4) is 0 Å². The number of amides is 3. The third kappa shape index (κ3) is 9.11. The molecule has 0 saturated heterocycles. The standard InChI is InChI=1S/C36H26BrCl2N3O3S/c37-26-14-7-9-23(19-26)20-32(42-34(43)25-12-5-2-6-13-25)35(44)40-28-15-8-16-29(22-28)46-33(24-10-3-1-4-11-24)36(45)41-31-21-27(38)17-18-30(31)39/h1-22,33H,(H,40,44)(H,41,45)(H,42,43)/b32-20+. The van der Waals surface area contributed by atoms with Crippen LogP contribution in [0.5, 0.6) is 0 Å². The van der Waals surface area contributed by atoms with Crippen LogP contribution in [0, 0.1) is 0 Å². The highest BCUT2D eigenvalue weighted by Gasteiger charge is 2.23. The number of benzene rings is 5. The fourth-order valence-corrected chi connectivity index (χ4v) is 6.22. The van der Waals surface area contributed by atoms with Crippen LogP contribution in [0.3, 0.4) is 0 Å². The van der Waals surface area contributed by atoms with Gasteiger partial charge in [-0.3, -0.25) is 14.4 Å². The SMILES string of the molecule is O=C(Nc1cccc(SC(C(=O)Nc2cc(Cl)ccc2Cl)c2ccccc2)c1)/C(=C\c1cccc(Br)c1)NC(=O)c1ccccc1. The lowest BCUT2D eigenvalue weighted by molar-refractivity contribution is -0.116. The van der Waals surface area contributed by atoms with Crippen LogP contribution in [0.25, 0.3) is 6.08 Å². The van der Waals surface area contributed by atoms with Gasteiger partial charge in [-0.15, -0.1) is 11.8 Å². The molecule has 0 radical (unpaired) electrons. The molecule has 5 aromatic carbocycles. The summed E-state index contributed by atoms with van der Waals surface area (Å²) in [6, 6.07) is 37.4. The zero-order valence-corrected chi connectivity index (χ0v) is 28.0. The molecule has 10 heteroatoms. The highest BCUT2D eigenvalue weighted by molar-refractivity contribution is 9.10. The van der Waals surface area contributed by atoms with Gasteiger partial charge in [-0.05, 0) is 77.9 Å². The minimum Gasteiger partial charge on any atom is -0.323 e. The average molecular weight is 731 g/mol. The van der Waals surface area contributed by atoms with Gasteiger partial charge in [0.15, 0.2) is 0 Å². The summed E-state index contributed by atoms with van der Waals surface area (Å²) in [5.74, 6) is -1.23. The molecule has 6 nitrogen and oxygen atoms in total. The van der Waals surface area contributed by atoms with Crippen molar-refractivity contribution in [1.29, 1.82) is 0 Å². The summed E-state index contributed by atoms with van der Waals surface area (Å²) >= 11 is 17.2. The number of thioether (sulfide) groups is 1. The maximum Gasteiger partial charge on any atom is 0.272 e. The Morgan fingerprint density at radius 2 is 1.46 bits per heavy atom. The third-order valence-electron chi connectivity index (χ3n) is 6.56. The number of carbonyl (C=O) groups is 3. The molecule has 1 unspecified atom stereocenters. The van der Waals surface area contributed by atoms with Crippen molar-refractivity contribution >= 4 is 86.1 Å². The van der Waals surface area contributed by atoms with Crippen molar-refractivity contribution in [2.45, 2.75) is 10.1 Å². The Kier molecular flexibility index (Phi) is 11.3. The maximum atomic E-state index is 13.6. The molecular weight excluding hydrogens is 705 g/mol. The smallest absolute Gasteiger partial charge is 0.272 e. The first kappa shape index (κ1) is 33.0. The molecule has 0 bridgehead atoms. The molecule has 230 valence electrons. The highest BCUT2D eigenvalue weighted by atomic mass is 79.9. The van der Waals surface area contributed by atoms with Crippen LogP contribution in [0.4, 0.5) is 11.4 Å². The normalized spacial score (nSPS) is 11.8. The molecule has 1 atom stereocenters. The van der Waals surface area contributed by atoms with E-state index in [4.69, 9.17) is 23.2 Å². The first-order chi connectivity index (χ1) is 22.2. The topological polar surface area (TPSA) is 87.3 Å². The van der Waals surface area contributed by atoms with E-state index in [-0.39, 0.29) is 11.6 Å². The predicted molar refractivity (Wildman–Crippen MR) is 191 cm³/mol. The van der Waals surface area contributed by atoms with Crippen molar-refractivity contribution in [3.63, 3.8) is 0 Å². The number of rotatable bonds is 10. The van der Waals surface area contributed by atoms with Crippen molar-refractivity contribution in [2.24, 2.45) is 0 Å². The van der Waals surface area contributed by atoms with Crippen molar-refractivity contribution in [1.82, 2.24) is 5.32 Å². The summed E-state index contributed by atoms with van der Waals surface area (Å²) in [4.78, 5) is 40.9. The van der Waals surface area contributed by atoms with Gasteiger partial charge in [0.25, 0.3) is 11.8 Å². The molecule has 0 aliphatic heterocycles. The van der Waals surface area contributed by atoms with Gasteiger partial charge in [0.1, 0.15) is 10.9 Å². The monoisotopic (exact) mass is 729 g/mol. The molecule has 3 N–H and O–H groups in total. The van der Waals surface area contributed by atoms with E-state index in [0.29, 0.717) is 32.5 Å². The van der Waals surface area contributed by atoms with E-state index in [1.54, 1.807) is 66.7 Å². The molecule has 0 heterocycles. The fourth-order valence-electron chi connectivity index (χ4n) is 4.38. The largest absolute Gasteiger partial charge is 0.323 e. The molecule has 0 aliphatic rings. The Balaban J connectivity index is 1.38. The average Bonchev–Trinajstić information content (AvgIpc) is 3.06. The Labute approximate surface area is 289 Å². The fraction of sp³-hybridized carbons (Fsp3) is 0.0278. The van der Waals surface area contributed by atoms with Gasteiger partial charge in [-0.2, -0.15) is 0 Å². The van der Waals surface area contributed by atoms with Crippen LogP contribution in [-0.4, -0.2) is 17.7 Å². The lowest BCUT2D eigenvalue weighted by Crippen LogP contribution is -2.30. The maximum absolute atomic E-state index is 13.6. The summed E-state index contributed by atoms with van der Waals surface area (Å²) in [6.45, 7) is 0. The van der Waals surface area contributed by atoms with Gasteiger partial charge in [-0.1, -0.05) is 106 Å². The van der Waals surface area contributed by atoms with E-state index in [9.17, 15) is 14.4 Å². The third-order valence-corrected chi connectivity index (χ3v) is 8.87. The second-order valence-electron chi connectivity index (χ2n) is 9.94. The lowest BCUT2D eigenvalue weighted by Gasteiger charge is -2.18. The number of halogens is 3. The second-order valence-corrected chi connectivity index (χ2v) is 12.9. The zero-order chi connectivity index (χ0) is 32.5. The Hall–Kier alpha value is -4.34. The number of carbonyl (C=O) groups excluding carboxylic acids is 3. The quantitative estimate of drug-likeness (QED) is 0.0987. The van der Waals surface area contributed by atoms with E-state index in [2.05, 4.69) is 31.9 Å². The molecule has 5 aromatic rings. The minimum absolute atomic E-state index is 0.0601. The number of hydrogen-bond donors (Lipinski definition) is 3. The van der Waals surface area contributed by atoms with Gasteiger partial charge in [0, 0.05) is 25.6 Å². The first-order valence-corrected chi connectivity index (χ1v) is 16.4. The summed E-state index contributed by atoms with van der Waals surface area (Å²) in [5.41, 5.74) is 2.86. The highest BCUT2D eigenvalue weighted by Crippen LogP contribution is 2.38.